The Morgan fingerprint density at radius 3 is 2.58 bits per heavy atom. The van der Waals surface area contributed by atoms with Crippen LogP contribution in [0.4, 0.5) is 5.13 Å². The molecule has 4 rings (SSSR count). The van der Waals surface area contributed by atoms with Crippen molar-refractivity contribution in [1.29, 1.82) is 0 Å². The zero-order chi connectivity index (χ0) is 25.8. The van der Waals surface area contributed by atoms with Crippen molar-refractivity contribution in [2.45, 2.75) is 20.3 Å². The Morgan fingerprint density at radius 1 is 1.22 bits per heavy atom. The molecule has 0 saturated carbocycles. The number of carbonyl (C=O) groups excluding carboxylic acids is 2. The van der Waals surface area contributed by atoms with Gasteiger partial charge in [-0.2, -0.15) is 0 Å². The van der Waals surface area contributed by atoms with Crippen molar-refractivity contribution in [3.63, 3.8) is 0 Å². The molecule has 0 atom stereocenters. The molecule has 11 heteroatoms. The maximum Gasteiger partial charge on any atom is 0.333 e. The molecule has 0 fully saturated rings. The molecule has 1 aromatic carbocycles. The number of hydrogen-bond acceptors (Lipinski definition) is 7. The fraction of sp³-hybridized carbons (Fsp3) is 0.240. The number of rotatable bonds is 7. The predicted molar refractivity (Wildman–Crippen MR) is 151 cm³/mol. The van der Waals surface area contributed by atoms with Crippen molar-refractivity contribution in [1.82, 2.24) is 10.3 Å². The van der Waals surface area contributed by atoms with E-state index in [1.165, 1.54) is 40.4 Å². The van der Waals surface area contributed by atoms with Crippen LogP contribution in [0.25, 0.3) is 22.2 Å². The van der Waals surface area contributed by atoms with Crippen molar-refractivity contribution in [3.05, 3.63) is 66.3 Å². The number of benzene rings is 1. The van der Waals surface area contributed by atoms with Crippen molar-refractivity contribution >= 4 is 86.1 Å². The van der Waals surface area contributed by atoms with Crippen LogP contribution in [0.15, 0.2) is 35.2 Å². The minimum absolute atomic E-state index is 0.241. The highest BCUT2D eigenvalue weighted by Gasteiger charge is 2.21. The monoisotopic (exact) mass is 581 g/mol. The maximum atomic E-state index is 13.1. The average Bonchev–Trinajstić information content (AvgIpc) is 3.47. The van der Waals surface area contributed by atoms with Crippen LogP contribution in [-0.2, 0) is 9.53 Å². The largest absolute Gasteiger partial charge is 0.463 e. The van der Waals surface area contributed by atoms with E-state index in [-0.39, 0.29) is 22.2 Å². The highest BCUT2D eigenvalue weighted by Crippen LogP contribution is 2.41. The van der Waals surface area contributed by atoms with Crippen LogP contribution in [0.5, 0.6) is 0 Å². The second-order valence-corrected chi connectivity index (χ2v) is 11.0. The first-order valence-electron chi connectivity index (χ1n) is 11.1. The molecule has 2 N–H and O–H groups in total. The number of carbonyl (C=O) groups is 2. The number of thiophene rings is 1. The Kier molecular flexibility index (Phi) is 8.87. The highest BCUT2D eigenvalue weighted by molar-refractivity contribution is 7.18. The number of nitrogens with zero attached hydrogens (tertiary/aromatic N) is 1. The van der Waals surface area contributed by atoms with Gasteiger partial charge >= 0.3 is 5.97 Å². The molecular formula is C25H22Cl3N3O3S2. The minimum Gasteiger partial charge on any atom is -0.463 e. The van der Waals surface area contributed by atoms with Crippen LogP contribution < -0.4 is 10.6 Å². The summed E-state index contributed by atoms with van der Waals surface area (Å²) < 4.78 is 5.00. The van der Waals surface area contributed by atoms with Gasteiger partial charge in [0.2, 0.25) is 0 Å². The fourth-order valence-electron chi connectivity index (χ4n) is 3.57. The molecule has 0 bridgehead atoms. The van der Waals surface area contributed by atoms with E-state index in [9.17, 15) is 9.59 Å². The van der Waals surface area contributed by atoms with Gasteiger partial charge in [-0.05, 0) is 56.7 Å². The fourth-order valence-corrected chi connectivity index (χ4v) is 6.34. The van der Waals surface area contributed by atoms with Crippen LogP contribution in [0.3, 0.4) is 0 Å². The maximum absolute atomic E-state index is 13.1. The molecule has 3 aromatic rings. The van der Waals surface area contributed by atoms with Gasteiger partial charge in [-0.15, -0.1) is 11.3 Å². The number of esters is 1. The van der Waals surface area contributed by atoms with Gasteiger partial charge in [0.25, 0.3) is 5.91 Å². The number of ether oxygens (including phenoxy) is 1. The van der Waals surface area contributed by atoms with Crippen molar-refractivity contribution in [2.75, 3.05) is 25.0 Å². The third kappa shape index (κ3) is 6.19. The summed E-state index contributed by atoms with van der Waals surface area (Å²) in [5, 5.41) is 9.64. The third-order valence-electron chi connectivity index (χ3n) is 5.30. The van der Waals surface area contributed by atoms with Gasteiger partial charge in [-0.3, -0.25) is 10.1 Å². The first-order chi connectivity index (χ1) is 17.3. The van der Waals surface area contributed by atoms with E-state index >= 15 is 0 Å². The number of anilines is 1. The Balaban J connectivity index is 1.61. The summed E-state index contributed by atoms with van der Waals surface area (Å²) in [6.45, 7) is 5.27. The van der Waals surface area contributed by atoms with Crippen LogP contribution in [0, 0.1) is 0 Å². The molecule has 1 aliphatic rings. The quantitative estimate of drug-likeness (QED) is 0.224. The summed E-state index contributed by atoms with van der Waals surface area (Å²) in [6.07, 6.45) is 4.56. The number of amides is 1. The molecule has 1 amide bonds. The summed E-state index contributed by atoms with van der Waals surface area (Å²) in [7, 11) is 0. The standard InChI is InChI=1S/C25H22Cl3N3O3S2/c1-3-34-24(33)13(2)8-17-18(27)9-15(10-19(17)28)23(32)31-25-30-21(20-11-16(26)12-35-20)22(36-25)14-4-6-29-7-5-14/h4,8-12,29H,3,5-7H2,1-2H3,(H,30,31,32)/b13-8+. The zero-order valence-electron chi connectivity index (χ0n) is 19.4. The lowest BCUT2D eigenvalue weighted by Crippen LogP contribution is -2.19. The zero-order valence-corrected chi connectivity index (χ0v) is 23.3. The molecule has 1 aliphatic heterocycles. The summed E-state index contributed by atoms with van der Waals surface area (Å²) in [5.74, 6) is -0.857. The van der Waals surface area contributed by atoms with Gasteiger partial charge in [0.05, 0.1) is 31.4 Å². The average molecular weight is 583 g/mol. The van der Waals surface area contributed by atoms with Gasteiger partial charge in [-0.25, -0.2) is 9.78 Å². The van der Waals surface area contributed by atoms with Crippen LogP contribution >= 0.6 is 57.5 Å². The van der Waals surface area contributed by atoms with Crippen LogP contribution in [0.1, 0.15) is 41.1 Å². The van der Waals surface area contributed by atoms with E-state index in [0.717, 1.165) is 35.0 Å². The lowest BCUT2D eigenvalue weighted by Gasteiger charge is -2.13. The smallest absolute Gasteiger partial charge is 0.333 e. The van der Waals surface area contributed by atoms with Crippen molar-refractivity contribution in [3.8, 4) is 10.6 Å². The van der Waals surface area contributed by atoms with Gasteiger partial charge in [-0.1, -0.05) is 52.2 Å². The van der Waals surface area contributed by atoms with E-state index in [1.54, 1.807) is 19.9 Å². The van der Waals surface area contributed by atoms with Crippen molar-refractivity contribution in [2.24, 2.45) is 0 Å². The molecule has 188 valence electrons. The lowest BCUT2D eigenvalue weighted by atomic mass is 10.1. The first kappa shape index (κ1) is 26.9. The van der Waals surface area contributed by atoms with Crippen LogP contribution in [0.2, 0.25) is 15.1 Å². The topological polar surface area (TPSA) is 80.3 Å². The molecule has 6 nitrogen and oxygen atoms in total. The molecule has 0 unspecified atom stereocenters. The molecule has 0 spiro atoms. The summed E-state index contributed by atoms with van der Waals surface area (Å²) >= 11 is 21.9. The predicted octanol–water partition coefficient (Wildman–Crippen LogP) is 7.43. The highest BCUT2D eigenvalue weighted by atomic mass is 35.5. The van der Waals surface area contributed by atoms with E-state index in [0.29, 0.717) is 21.3 Å². The second kappa shape index (κ2) is 11.9. The first-order valence-corrected chi connectivity index (χ1v) is 13.9. The molecule has 36 heavy (non-hydrogen) atoms. The molecule has 0 saturated heterocycles. The van der Waals surface area contributed by atoms with Crippen molar-refractivity contribution < 1.29 is 14.3 Å². The molecule has 3 heterocycles. The number of aromatic nitrogens is 1. The lowest BCUT2D eigenvalue weighted by molar-refractivity contribution is -0.138. The van der Waals surface area contributed by atoms with Gasteiger partial charge in [0.15, 0.2) is 5.13 Å². The summed E-state index contributed by atoms with van der Waals surface area (Å²) in [4.78, 5) is 31.7. The number of nitrogens with one attached hydrogen (secondary N) is 2. The Hall–Kier alpha value is -2.20. The van der Waals surface area contributed by atoms with E-state index in [4.69, 9.17) is 44.5 Å². The van der Waals surface area contributed by atoms with E-state index in [1.807, 2.05) is 11.4 Å². The molecule has 0 radical (unpaired) electrons. The van der Waals surface area contributed by atoms with Gasteiger partial charge in [0.1, 0.15) is 5.69 Å². The third-order valence-corrected chi connectivity index (χ3v) is 8.26. The van der Waals surface area contributed by atoms with E-state index in [2.05, 4.69) is 16.7 Å². The van der Waals surface area contributed by atoms with Gasteiger partial charge < -0.3 is 10.1 Å². The Labute approximate surface area is 231 Å². The SMILES string of the molecule is CCOC(=O)/C(C)=C/c1c(Cl)cc(C(=O)Nc2nc(-c3cc(Cl)cs3)c(C3=CCNCC3)s2)cc1Cl. The number of halogens is 3. The second-order valence-electron chi connectivity index (χ2n) is 7.86. The number of hydrogen-bond donors (Lipinski definition) is 2. The van der Waals surface area contributed by atoms with Gasteiger partial charge in [0, 0.05) is 28.6 Å². The molecule has 2 aromatic heterocycles. The minimum atomic E-state index is -0.460. The molecule has 0 aliphatic carbocycles. The number of thiazole rings is 1. The summed E-state index contributed by atoms with van der Waals surface area (Å²) in [6, 6.07) is 4.90. The Bertz CT molecular complexity index is 1350. The normalized spacial score (nSPS) is 13.9. The van der Waals surface area contributed by atoms with Crippen LogP contribution in [-0.4, -0.2) is 36.6 Å². The molecular weight excluding hydrogens is 561 g/mol. The van der Waals surface area contributed by atoms with E-state index < -0.39 is 11.9 Å². The Morgan fingerprint density at radius 2 is 1.97 bits per heavy atom. The summed E-state index contributed by atoms with van der Waals surface area (Å²) in [5.41, 5.74) is 3.04.